The molecule has 2 aromatic rings. The van der Waals surface area contributed by atoms with Gasteiger partial charge in [-0.1, -0.05) is 18.2 Å². The van der Waals surface area contributed by atoms with Gasteiger partial charge in [0.05, 0.1) is 18.0 Å². The van der Waals surface area contributed by atoms with Crippen molar-refractivity contribution < 1.29 is 19.2 Å². The Morgan fingerprint density at radius 3 is 2.46 bits per heavy atom. The van der Waals surface area contributed by atoms with E-state index in [1.807, 2.05) is 4.90 Å². The summed E-state index contributed by atoms with van der Waals surface area (Å²) in [5.74, 6) is -0.632. The highest BCUT2D eigenvalue weighted by Gasteiger charge is 2.35. The fraction of sp³-hybridized carbons (Fsp3) is 0.462. The lowest BCUT2D eigenvalue weighted by Gasteiger charge is -2.40. The predicted octanol–water partition coefficient (Wildman–Crippen LogP) is 3.42. The van der Waals surface area contributed by atoms with Crippen LogP contribution in [0.15, 0.2) is 36.4 Å². The van der Waals surface area contributed by atoms with Gasteiger partial charge in [-0.3, -0.25) is 19.7 Å². The van der Waals surface area contributed by atoms with Gasteiger partial charge >= 0.3 is 5.69 Å². The molecule has 0 saturated carbocycles. The number of piperidine rings is 1. The van der Waals surface area contributed by atoms with Crippen molar-refractivity contribution in [2.45, 2.75) is 26.7 Å². The van der Waals surface area contributed by atoms with E-state index < -0.39 is 10.8 Å². The van der Waals surface area contributed by atoms with Crippen LogP contribution >= 0.6 is 0 Å². The zero-order valence-corrected chi connectivity index (χ0v) is 20.5. The van der Waals surface area contributed by atoms with Crippen LogP contribution in [0.2, 0.25) is 0 Å². The van der Waals surface area contributed by atoms with Gasteiger partial charge in [-0.05, 0) is 56.0 Å². The molecule has 2 amide bonds. The number of anilines is 1. The number of hydrogen-bond donors (Lipinski definition) is 0. The van der Waals surface area contributed by atoms with Crippen molar-refractivity contribution in [3.63, 3.8) is 0 Å². The molecule has 186 valence electrons. The summed E-state index contributed by atoms with van der Waals surface area (Å²) in [6.45, 7) is 7.73. The van der Waals surface area contributed by atoms with Crippen LogP contribution in [-0.4, -0.2) is 72.9 Å². The van der Waals surface area contributed by atoms with Gasteiger partial charge < -0.3 is 19.4 Å². The predicted molar refractivity (Wildman–Crippen MR) is 133 cm³/mol. The van der Waals surface area contributed by atoms with E-state index in [1.54, 1.807) is 11.0 Å². The largest absolute Gasteiger partial charge is 0.490 e. The van der Waals surface area contributed by atoms with E-state index in [2.05, 4.69) is 36.9 Å². The van der Waals surface area contributed by atoms with Gasteiger partial charge in [-0.15, -0.1) is 0 Å². The summed E-state index contributed by atoms with van der Waals surface area (Å²) in [4.78, 5) is 43.4. The van der Waals surface area contributed by atoms with Gasteiger partial charge in [0.1, 0.15) is 5.56 Å². The monoisotopic (exact) mass is 480 g/mol. The molecule has 2 aliphatic heterocycles. The zero-order chi connectivity index (χ0) is 25.1. The molecule has 2 saturated heterocycles. The molecule has 0 N–H and O–H groups in total. The number of nitro groups is 1. The van der Waals surface area contributed by atoms with Crippen LogP contribution in [0, 0.1) is 29.9 Å². The molecule has 2 fully saturated rings. The van der Waals surface area contributed by atoms with Crippen molar-refractivity contribution >= 4 is 23.2 Å². The summed E-state index contributed by atoms with van der Waals surface area (Å²) in [5, 5.41) is 11.6. The van der Waals surface area contributed by atoms with Crippen molar-refractivity contribution in [3.8, 4) is 5.75 Å². The smallest absolute Gasteiger partial charge is 0.323 e. The molecule has 0 bridgehead atoms. The lowest BCUT2D eigenvalue weighted by Crippen LogP contribution is -2.53. The van der Waals surface area contributed by atoms with Crippen LogP contribution < -0.4 is 9.64 Å². The third-order valence-corrected chi connectivity index (χ3v) is 6.99. The lowest BCUT2D eigenvalue weighted by atomic mass is 9.95. The Morgan fingerprint density at radius 1 is 1.03 bits per heavy atom. The summed E-state index contributed by atoms with van der Waals surface area (Å²) in [5.41, 5.74) is 3.31. The van der Waals surface area contributed by atoms with Crippen molar-refractivity contribution in [3.05, 3.63) is 63.2 Å². The highest BCUT2D eigenvalue weighted by atomic mass is 16.6. The maximum atomic E-state index is 13.3. The van der Waals surface area contributed by atoms with Crippen LogP contribution in [0.3, 0.4) is 0 Å². The number of aryl methyl sites for hydroxylation is 2. The maximum absolute atomic E-state index is 13.3. The van der Waals surface area contributed by atoms with Gasteiger partial charge in [0.2, 0.25) is 5.91 Å². The number of carbonyl (C=O) groups is 2. The van der Waals surface area contributed by atoms with Gasteiger partial charge in [0, 0.05) is 45.0 Å². The average molecular weight is 481 g/mol. The van der Waals surface area contributed by atoms with Crippen LogP contribution in [0.25, 0.3) is 0 Å². The first-order valence-corrected chi connectivity index (χ1v) is 12.0. The summed E-state index contributed by atoms with van der Waals surface area (Å²) in [6.07, 6.45) is 1.39. The van der Waals surface area contributed by atoms with Crippen LogP contribution in [0.4, 0.5) is 11.4 Å². The second kappa shape index (κ2) is 10.3. The number of amides is 2. The number of hydrogen-bond acceptors (Lipinski definition) is 6. The quantitative estimate of drug-likeness (QED) is 0.481. The number of rotatable bonds is 5. The third kappa shape index (κ3) is 5.08. The number of nitrogens with zero attached hydrogens (tertiary/aromatic N) is 4. The third-order valence-electron chi connectivity index (χ3n) is 6.99. The molecule has 0 spiro atoms. The van der Waals surface area contributed by atoms with Crippen LogP contribution in [0.5, 0.6) is 5.75 Å². The first-order chi connectivity index (χ1) is 16.8. The molecular weight excluding hydrogens is 448 g/mol. The topological polar surface area (TPSA) is 96.2 Å². The van der Waals surface area contributed by atoms with Gasteiger partial charge in [-0.25, -0.2) is 0 Å². The van der Waals surface area contributed by atoms with E-state index in [-0.39, 0.29) is 35.4 Å². The first-order valence-electron chi connectivity index (χ1n) is 12.0. The standard InChI is InChI=1S/C26H32N4O5/c1-18-9-10-19(2)22(16-18)27-12-14-28(15-13-27)25(31)20-6-5-11-29(17-20)26(32)21-7-4-8-23(35-3)24(21)30(33)34/h4,7-10,16,20H,5-6,11-15,17H2,1-3H3. The Balaban J connectivity index is 1.42. The Kier molecular flexibility index (Phi) is 7.23. The Hall–Kier alpha value is -3.62. The molecule has 0 aromatic heterocycles. The minimum absolute atomic E-state index is 0.00964. The molecule has 9 nitrogen and oxygen atoms in total. The first kappa shape index (κ1) is 24.5. The van der Waals surface area contributed by atoms with E-state index in [0.717, 1.165) is 13.1 Å². The SMILES string of the molecule is COc1cccc(C(=O)N2CCCC(C(=O)N3CCN(c4cc(C)ccc4C)CC3)C2)c1[N+](=O)[O-]. The van der Waals surface area contributed by atoms with Crippen molar-refractivity contribution in [1.82, 2.24) is 9.80 Å². The van der Waals surface area contributed by atoms with E-state index >= 15 is 0 Å². The van der Waals surface area contributed by atoms with Crippen LogP contribution in [-0.2, 0) is 4.79 Å². The Labute approximate surface area is 205 Å². The van der Waals surface area contributed by atoms with Gasteiger partial charge in [-0.2, -0.15) is 0 Å². The molecule has 0 radical (unpaired) electrons. The molecule has 0 aliphatic carbocycles. The van der Waals surface area contributed by atoms with Gasteiger partial charge in [0.15, 0.2) is 5.75 Å². The number of likely N-dealkylation sites (tertiary alicyclic amines) is 1. The Morgan fingerprint density at radius 2 is 1.77 bits per heavy atom. The summed E-state index contributed by atoms with van der Waals surface area (Å²) >= 11 is 0. The zero-order valence-electron chi connectivity index (χ0n) is 20.5. The fourth-order valence-electron chi connectivity index (χ4n) is 5.07. The summed E-state index contributed by atoms with van der Waals surface area (Å²) in [6, 6.07) is 10.9. The highest BCUT2D eigenvalue weighted by molar-refractivity contribution is 5.99. The highest BCUT2D eigenvalue weighted by Crippen LogP contribution is 2.32. The second-order valence-corrected chi connectivity index (χ2v) is 9.31. The van der Waals surface area contributed by atoms with E-state index in [9.17, 15) is 19.7 Å². The number of methoxy groups -OCH3 is 1. The average Bonchev–Trinajstić information content (AvgIpc) is 2.88. The van der Waals surface area contributed by atoms with Crippen molar-refractivity contribution in [2.24, 2.45) is 5.92 Å². The number of carbonyl (C=O) groups excluding carboxylic acids is 2. The van der Waals surface area contributed by atoms with Crippen molar-refractivity contribution in [1.29, 1.82) is 0 Å². The normalized spacial score (nSPS) is 18.4. The molecule has 9 heteroatoms. The number of benzene rings is 2. The van der Waals surface area contributed by atoms with Crippen LogP contribution in [0.1, 0.15) is 34.3 Å². The molecule has 35 heavy (non-hydrogen) atoms. The van der Waals surface area contributed by atoms with Crippen molar-refractivity contribution in [2.75, 3.05) is 51.3 Å². The molecule has 2 aromatic carbocycles. The number of para-hydroxylation sites is 1. The molecule has 4 rings (SSSR count). The minimum Gasteiger partial charge on any atom is -0.490 e. The lowest BCUT2D eigenvalue weighted by molar-refractivity contribution is -0.386. The second-order valence-electron chi connectivity index (χ2n) is 9.31. The van der Waals surface area contributed by atoms with Gasteiger partial charge in [0.25, 0.3) is 5.91 Å². The summed E-state index contributed by atoms with van der Waals surface area (Å²) < 4.78 is 5.10. The molecule has 1 unspecified atom stereocenters. The Bertz CT molecular complexity index is 1130. The molecule has 2 heterocycles. The molecule has 1 atom stereocenters. The van der Waals surface area contributed by atoms with E-state index in [4.69, 9.17) is 4.74 Å². The number of piperazine rings is 1. The minimum atomic E-state index is -0.589. The van der Waals surface area contributed by atoms with E-state index in [0.29, 0.717) is 32.5 Å². The molecular formula is C26H32N4O5. The number of nitro benzene ring substituents is 1. The number of ether oxygens (including phenoxy) is 1. The molecule has 2 aliphatic rings. The van der Waals surface area contributed by atoms with E-state index in [1.165, 1.54) is 36.1 Å². The maximum Gasteiger partial charge on any atom is 0.323 e. The fourth-order valence-corrected chi connectivity index (χ4v) is 5.07. The summed E-state index contributed by atoms with van der Waals surface area (Å²) in [7, 11) is 1.34.